The average molecular weight is 278 g/mol. The first kappa shape index (κ1) is 14.0. The van der Waals surface area contributed by atoms with Crippen LogP contribution in [0.2, 0.25) is 0 Å². The number of nitrogens with zero attached hydrogens (tertiary/aromatic N) is 4. The fraction of sp³-hybridized carbons (Fsp3) is 0.867. The van der Waals surface area contributed by atoms with Crippen molar-refractivity contribution in [2.45, 2.75) is 69.6 Å². The van der Waals surface area contributed by atoms with Gasteiger partial charge in [-0.15, -0.1) is 0 Å². The lowest BCUT2D eigenvalue weighted by Gasteiger charge is -2.42. The van der Waals surface area contributed by atoms with Crippen molar-refractivity contribution in [2.24, 2.45) is 0 Å². The Balaban J connectivity index is 1.62. The van der Waals surface area contributed by atoms with Crippen molar-refractivity contribution in [1.82, 2.24) is 19.7 Å². The number of likely N-dealkylation sites (tertiary alicyclic amines) is 1. The van der Waals surface area contributed by atoms with Gasteiger partial charge in [0.1, 0.15) is 12.7 Å². The molecule has 0 amide bonds. The number of β-amino-alcohol motifs (C(OH)–C–C–N with tert-alkyl or cyclic N) is 1. The van der Waals surface area contributed by atoms with Gasteiger partial charge < -0.3 is 5.11 Å². The normalized spacial score (nSPS) is 27.6. The van der Waals surface area contributed by atoms with Gasteiger partial charge in [-0.3, -0.25) is 9.58 Å². The van der Waals surface area contributed by atoms with Crippen molar-refractivity contribution in [3.63, 3.8) is 0 Å². The van der Waals surface area contributed by atoms with Crippen molar-refractivity contribution < 1.29 is 5.11 Å². The molecule has 5 heteroatoms. The predicted octanol–water partition coefficient (Wildman–Crippen LogP) is 1.83. The van der Waals surface area contributed by atoms with Crippen LogP contribution in [0.25, 0.3) is 0 Å². The molecule has 2 heterocycles. The van der Waals surface area contributed by atoms with Gasteiger partial charge in [-0.25, -0.2) is 4.98 Å². The predicted molar refractivity (Wildman–Crippen MR) is 77.3 cm³/mol. The summed E-state index contributed by atoms with van der Waals surface area (Å²) in [5.74, 6) is 0. The second kappa shape index (κ2) is 6.22. The quantitative estimate of drug-likeness (QED) is 0.913. The van der Waals surface area contributed by atoms with Gasteiger partial charge in [0.2, 0.25) is 0 Å². The number of hydrogen-bond donors (Lipinski definition) is 1. The molecule has 1 N–H and O–H groups in total. The van der Waals surface area contributed by atoms with Crippen LogP contribution in [0.1, 0.15) is 51.4 Å². The van der Waals surface area contributed by atoms with Crippen LogP contribution in [-0.2, 0) is 6.54 Å². The fourth-order valence-electron chi connectivity index (χ4n) is 3.76. The molecule has 1 aliphatic carbocycles. The summed E-state index contributed by atoms with van der Waals surface area (Å²) < 4.78 is 1.92. The van der Waals surface area contributed by atoms with Crippen LogP contribution < -0.4 is 0 Å². The molecule has 1 saturated heterocycles. The van der Waals surface area contributed by atoms with E-state index in [9.17, 15) is 5.11 Å². The molecule has 0 bridgehead atoms. The van der Waals surface area contributed by atoms with Crippen LogP contribution in [0.5, 0.6) is 0 Å². The average Bonchev–Trinajstić information content (AvgIpc) is 2.94. The van der Waals surface area contributed by atoms with Crippen LogP contribution in [0.3, 0.4) is 0 Å². The van der Waals surface area contributed by atoms with E-state index in [1.54, 1.807) is 12.7 Å². The van der Waals surface area contributed by atoms with Crippen LogP contribution >= 0.6 is 0 Å². The number of aliphatic hydroxyl groups is 1. The summed E-state index contributed by atoms with van der Waals surface area (Å²) in [7, 11) is 0. The zero-order valence-corrected chi connectivity index (χ0v) is 12.2. The lowest BCUT2D eigenvalue weighted by molar-refractivity contribution is -0.0443. The summed E-state index contributed by atoms with van der Waals surface area (Å²) in [5, 5.41) is 15.0. The molecule has 2 fully saturated rings. The van der Waals surface area contributed by atoms with Gasteiger partial charge in [0.15, 0.2) is 0 Å². The molecule has 3 rings (SSSR count). The smallest absolute Gasteiger partial charge is 0.137 e. The Morgan fingerprint density at radius 2 is 2.00 bits per heavy atom. The summed E-state index contributed by atoms with van der Waals surface area (Å²) in [6.07, 6.45) is 12.7. The maximum Gasteiger partial charge on any atom is 0.137 e. The van der Waals surface area contributed by atoms with Gasteiger partial charge in [-0.2, -0.15) is 5.10 Å². The Morgan fingerprint density at radius 3 is 2.75 bits per heavy atom. The maximum absolute atomic E-state index is 10.8. The molecule has 20 heavy (non-hydrogen) atoms. The van der Waals surface area contributed by atoms with Crippen molar-refractivity contribution in [3.8, 4) is 0 Å². The van der Waals surface area contributed by atoms with Crippen LogP contribution in [0.15, 0.2) is 12.7 Å². The SMILES string of the molecule is OC1(CN2CCCCC2Cn2cncn2)CCCCC1. The second-order valence-electron chi connectivity index (χ2n) is 6.52. The van der Waals surface area contributed by atoms with Gasteiger partial charge in [0.25, 0.3) is 0 Å². The van der Waals surface area contributed by atoms with Crippen molar-refractivity contribution in [2.75, 3.05) is 13.1 Å². The summed E-state index contributed by atoms with van der Waals surface area (Å²) in [6, 6.07) is 0.497. The van der Waals surface area contributed by atoms with Gasteiger partial charge in [-0.05, 0) is 32.2 Å². The van der Waals surface area contributed by atoms with Gasteiger partial charge in [0, 0.05) is 12.6 Å². The van der Waals surface area contributed by atoms with Crippen LogP contribution in [0.4, 0.5) is 0 Å². The Labute approximate surface area is 121 Å². The van der Waals surface area contributed by atoms with E-state index in [-0.39, 0.29) is 0 Å². The Morgan fingerprint density at radius 1 is 1.15 bits per heavy atom. The molecular weight excluding hydrogens is 252 g/mol. The third-order valence-corrected chi connectivity index (χ3v) is 4.90. The highest BCUT2D eigenvalue weighted by Gasteiger charge is 2.34. The van der Waals surface area contributed by atoms with Gasteiger partial charge >= 0.3 is 0 Å². The zero-order chi connectivity index (χ0) is 13.8. The Bertz CT molecular complexity index is 400. The summed E-state index contributed by atoms with van der Waals surface area (Å²) in [5.41, 5.74) is -0.448. The summed E-state index contributed by atoms with van der Waals surface area (Å²) >= 11 is 0. The minimum Gasteiger partial charge on any atom is -0.389 e. The van der Waals surface area contributed by atoms with Crippen LogP contribution in [-0.4, -0.2) is 49.5 Å². The number of hydrogen-bond acceptors (Lipinski definition) is 4. The topological polar surface area (TPSA) is 54.2 Å². The molecule has 1 unspecified atom stereocenters. The molecule has 1 saturated carbocycles. The maximum atomic E-state index is 10.8. The van der Waals surface area contributed by atoms with Gasteiger partial charge in [-0.1, -0.05) is 25.7 Å². The molecule has 0 radical (unpaired) electrons. The number of rotatable bonds is 4. The minimum absolute atomic E-state index is 0.448. The first-order chi connectivity index (χ1) is 9.75. The molecule has 5 nitrogen and oxygen atoms in total. The van der Waals surface area contributed by atoms with E-state index < -0.39 is 5.60 Å². The molecule has 112 valence electrons. The molecule has 0 aromatic carbocycles. The van der Waals surface area contributed by atoms with E-state index >= 15 is 0 Å². The van der Waals surface area contributed by atoms with Crippen molar-refractivity contribution in [1.29, 1.82) is 0 Å². The first-order valence-corrected chi connectivity index (χ1v) is 8.04. The Kier molecular flexibility index (Phi) is 4.36. The van der Waals surface area contributed by atoms with Gasteiger partial charge in [0.05, 0.1) is 12.1 Å². The number of aromatic nitrogens is 3. The van der Waals surface area contributed by atoms with E-state index in [1.165, 1.54) is 38.5 Å². The largest absolute Gasteiger partial charge is 0.389 e. The highest BCUT2D eigenvalue weighted by atomic mass is 16.3. The van der Waals surface area contributed by atoms with Crippen molar-refractivity contribution >= 4 is 0 Å². The molecule has 1 aliphatic heterocycles. The molecule has 1 aromatic rings. The molecule has 1 atom stereocenters. The van der Waals surface area contributed by atoms with E-state index in [0.717, 1.165) is 32.5 Å². The Hall–Kier alpha value is -0.940. The zero-order valence-electron chi connectivity index (χ0n) is 12.2. The third-order valence-electron chi connectivity index (χ3n) is 4.90. The van der Waals surface area contributed by atoms with E-state index in [1.807, 2.05) is 4.68 Å². The minimum atomic E-state index is -0.448. The number of piperidine rings is 1. The van der Waals surface area contributed by atoms with E-state index in [0.29, 0.717) is 6.04 Å². The first-order valence-electron chi connectivity index (χ1n) is 8.04. The lowest BCUT2D eigenvalue weighted by Crippen LogP contribution is -2.51. The van der Waals surface area contributed by atoms with Crippen molar-refractivity contribution in [3.05, 3.63) is 12.7 Å². The van der Waals surface area contributed by atoms with E-state index in [2.05, 4.69) is 15.0 Å². The monoisotopic (exact) mass is 278 g/mol. The molecular formula is C15H26N4O. The second-order valence-corrected chi connectivity index (χ2v) is 6.52. The summed E-state index contributed by atoms with van der Waals surface area (Å²) in [6.45, 7) is 2.85. The highest BCUT2D eigenvalue weighted by Crippen LogP contribution is 2.31. The highest BCUT2D eigenvalue weighted by molar-refractivity contribution is 4.89. The fourth-order valence-corrected chi connectivity index (χ4v) is 3.76. The third kappa shape index (κ3) is 3.38. The standard InChI is InChI=1S/C15H26N4O/c20-15(7-3-1-4-8-15)11-18-9-5-2-6-14(18)10-19-13-16-12-17-19/h12-14,20H,1-11H2. The summed E-state index contributed by atoms with van der Waals surface area (Å²) in [4.78, 5) is 6.52. The molecule has 0 spiro atoms. The van der Waals surface area contributed by atoms with E-state index in [4.69, 9.17) is 0 Å². The lowest BCUT2D eigenvalue weighted by atomic mass is 9.83. The molecule has 1 aromatic heterocycles. The molecule has 2 aliphatic rings. The van der Waals surface area contributed by atoms with Crippen LogP contribution in [0, 0.1) is 0 Å².